The maximum absolute atomic E-state index is 11.5. The number of aromatic nitrogens is 1. The van der Waals surface area contributed by atoms with Crippen molar-refractivity contribution < 1.29 is 4.79 Å². The SMILES string of the molecule is C=C[C@@H](NC(=O)C(C)C)c1cccnc1. The molecular formula is C12H16N2O. The standard InChI is InChI=1S/C12H16N2O/c1-4-11(14-12(15)9(2)3)10-6-5-7-13-8-10/h4-9,11H,1H2,2-3H3,(H,14,15)/t11-/m1/s1. The number of amides is 1. The third kappa shape index (κ3) is 3.20. The van der Waals surface area contributed by atoms with Gasteiger partial charge < -0.3 is 5.32 Å². The van der Waals surface area contributed by atoms with Gasteiger partial charge in [-0.3, -0.25) is 9.78 Å². The van der Waals surface area contributed by atoms with E-state index in [-0.39, 0.29) is 17.9 Å². The Bertz CT molecular complexity index is 333. The largest absolute Gasteiger partial charge is 0.346 e. The van der Waals surface area contributed by atoms with Gasteiger partial charge in [-0.15, -0.1) is 6.58 Å². The number of hydrogen-bond donors (Lipinski definition) is 1. The monoisotopic (exact) mass is 204 g/mol. The Morgan fingerprint density at radius 2 is 2.33 bits per heavy atom. The van der Waals surface area contributed by atoms with Gasteiger partial charge in [0.1, 0.15) is 0 Å². The van der Waals surface area contributed by atoms with E-state index < -0.39 is 0 Å². The zero-order chi connectivity index (χ0) is 11.3. The molecule has 0 fully saturated rings. The lowest BCUT2D eigenvalue weighted by atomic mass is 10.1. The summed E-state index contributed by atoms with van der Waals surface area (Å²) in [6, 6.07) is 3.60. The molecule has 1 aromatic heterocycles. The highest BCUT2D eigenvalue weighted by Crippen LogP contribution is 2.12. The summed E-state index contributed by atoms with van der Waals surface area (Å²) in [4.78, 5) is 15.5. The van der Waals surface area contributed by atoms with Crippen LogP contribution in [0.1, 0.15) is 25.5 Å². The average molecular weight is 204 g/mol. The second kappa shape index (κ2) is 5.29. The minimum atomic E-state index is -0.159. The van der Waals surface area contributed by atoms with Crippen molar-refractivity contribution in [3.8, 4) is 0 Å². The van der Waals surface area contributed by atoms with Gasteiger partial charge in [0.15, 0.2) is 0 Å². The van der Waals surface area contributed by atoms with Gasteiger partial charge in [-0.1, -0.05) is 26.0 Å². The lowest BCUT2D eigenvalue weighted by Gasteiger charge is -2.16. The number of rotatable bonds is 4. The van der Waals surface area contributed by atoms with Crippen LogP contribution in [-0.2, 0) is 4.79 Å². The van der Waals surface area contributed by atoms with Crippen molar-refractivity contribution in [1.29, 1.82) is 0 Å². The molecule has 0 spiro atoms. The van der Waals surface area contributed by atoms with Gasteiger partial charge in [0.2, 0.25) is 5.91 Å². The normalized spacial score (nSPS) is 12.2. The Morgan fingerprint density at radius 3 is 2.80 bits per heavy atom. The van der Waals surface area contributed by atoms with Crippen LogP contribution < -0.4 is 5.32 Å². The molecule has 0 aliphatic heterocycles. The average Bonchev–Trinajstić information content (AvgIpc) is 2.26. The molecule has 1 N–H and O–H groups in total. The van der Waals surface area contributed by atoms with Gasteiger partial charge in [0.05, 0.1) is 6.04 Å². The molecule has 80 valence electrons. The van der Waals surface area contributed by atoms with Crippen LogP contribution in [-0.4, -0.2) is 10.9 Å². The lowest BCUT2D eigenvalue weighted by Crippen LogP contribution is -2.30. The Kier molecular flexibility index (Phi) is 4.03. The highest BCUT2D eigenvalue weighted by atomic mass is 16.1. The maximum Gasteiger partial charge on any atom is 0.223 e. The van der Waals surface area contributed by atoms with Crippen molar-refractivity contribution in [3.05, 3.63) is 42.7 Å². The van der Waals surface area contributed by atoms with E-state index in [0.717, 1.165) is 5.56 Å². The predicted octanol–water partition coefficient (Wildman–Crippen LogP) is 2.08. The van der Waals surface area contributed by atoms with Gasteiger partial charge in [-0.2, -0.15) is 0 Å². The fourth-order valence-corrected chi connectivity index (χ4v) is 1.16. The van der Waals surface area contributed by atoms with E-state index in [1.807, 2.05) is 26.0 Å². The van der Waals surface area contributed by atoms with Crippen molar-refractivity contribution >= 4 is 5.91 Å². The fraction of sp³-hybridized carbons (Fsp3) is 0.333. The van der Waals surface area contributed by atoms with Crippen LogP contribution >= 0.6 is 0 Å². The molecule has 1 rings (SSSR count). The van der Waals surface area contributed by atoms with Crippen molar-refractivity contribution in [2.45, 2.75) is 19.9 Å². The van der Waals surface area contributed by atoms with Crippen LogP contribution in [0.15, 0.2) is 37.2 Å². The predicted molar refractivity (Wildman–Crippen MR) is 60.2 cm³/mol. The molecule has 0 aliphatic carbocycles. The van der Waals surface area contributed by atoms with E-state index in [1.165, 1.54) is 0 Å². The van der Waals surface area contributed by atoms with Crippen molar-refractivity contribution in [2.24, 2.45) is 5.92 Å². The van der Waals surface area contributed by atoms with Gasteiger partial charge >= 0.3 is 0 Å². The molecule has 1 aromatic rings. The minimum absolute atomic E-state index is 0.0174. The molecule has 0 aliphatic rings. The molecule has 1 atom stereocenters. The molecule has 0 bridgehead atoms. The highest BCUT2D eigenvalue weighted by molar-refractivity contribution is 5.78. The van der Waals surface area contributed by atoms with Crippen LogP contribution in [0.3, 0.4) is 0 Å². The first-order valence-electron chi connectivity index (χ1n) is 4.98. The Morgan fingerprint density at radius 1 is 1.60 bits per heavy atom. The van der Waals surface area contributed by atoms with E-state index in [4.69, 9.17) is 0 Å². The summed E-state index contributed by atoms with van der Waals surface area (Å²) in [5.74, 6) is -0.00660. The van der Waals surface area contributed by atoms with E-state index in [0.29, 0.717) is 0 Å². The Balaban J connectivity index is 2.73. The number of nitrogens with one attached hydrogen (secondary N) is 1. The summed E-state index contributed by atoms with van der Waals surface area (Å²) in [7, 11) is 0. The summed E-state index contributed by atoms with van der Waals surface area (Å²) >= 11 is 0. The molecule has 0 saturated heterocycles. The fourth-order valence-electron chi connectivity index (χ4n) is 1.16. The van der Waals surface area contributed by atoms with Crippen LogP contribution in [0.2, 0.25) is 0 Å². The van der Waals surface area contributed by atoms with E-state index >= 15 is 0 Å². The third-order valence-corrected chi connectivity index (χ3v) is 2.10. The van der Waals surface area contributed by atoms with Crippen LogP contribution in [0.5, 0.6) is 0 Å². The molecular weight excluding hydrogens is 188 g/mol. The van der Waals surface area contributed by atoms with E-state index in [9.17, 15) is 4.79 Å². The molecule has 3 nitrogen and oxygen atoms in total. The topological polar surface area (TPSA) is 42.0 Å². The molecule has 0 radical (unpaired) electrons. The summed E-state index contributed by atoms with van der Waals surface area (Å²) in [6.45, 7) is 7.43. The number of carbonyl (C=O) groups is 1. The van der Waals surface area contributed by atoms with E-state index in [1.54, 1.807) is 18.5 Å². The van der Waals surface area contributed by atoms with Crippen molar-refractivity contribution in [3.63, 3.8) is 0 Å². The summed E-state index contributed by atoms with van der Waals surface area (Å²) in [5, 5.41) is 2.89. The molecule has 0 aromatic carbocycles. The molecule has 0 unspecified atom stereocenters. The first kappa shape index (κ1) is 11.4. The molecule has 0 saturated carbocycles. The molecule has 15 heavy (non-hydrogen) atoms. The molecule has 3 heteroatoms. The van der Waals surface area contributed by atoms with Crippen molar-refractivity contribution in [1.82, 2.24) is 10.3 Å². The van der Waals surface area contributed by atoms with Crippen LogP contribution in [0, 0.1) is 5.92 Å². The van der Waals surface area contributed by atoms with Gasteiger partial charge in [0, 0.05) is 18.3 Å². The van der Waals surface area contributed by atoms with Gasteiger partial charge in [-0.25, -0.2) is 0 Å². The molecule has 1 heterocycles. The first-order valence-corrected chi connectivity index (χ1v) is 4.98. The van der Waals surface area contributed by atoms with Crippen LogP contribution in [0.25, 0.3) is 0 Å². The second-order valence-corrected chi connectivity index (χ2v) is 3.66. The maximum atomic E-state index is 11.5. The summed E-state index contributed by atoms with van der Waals surface area (Å²) in [6.07, 6.45) is 5.14. The van der Waals surface area contributed by atoms with Crippen molar-refractivity contribution in [2.75, 3.05) is 0 Å². The Labute approximate surface area is 90.2 Å². The molecule has 1 amide bonds. The van der Waals surface area contributed by atoms with Crippen LogP contribution in [0.4, 0.5) is 0 Å². The zero-order valence-corrected chi connectivity index (χ0v) is 9.10. The summed E-state index contributed by atoms with van der Waals surface area (Å²) in [5.41, 5.74) is 0.946. The second-order valence-electron chi connectivity index (χ2n) is 3.66. The van der Waals surface area contributed by atoms with E-state index in [2.05, 4.69) is 16.9 Å². The Hall–Kier alpha value is -1.64. The third-order valence-electron chi connectivity index (χ3n) is 2.10. The number of nitrogens with zero attached hydrogens (tertiary/aromatic N) is 1. The lowest BCUT2D eigenvalue weighted by molar-refractivity contribution is -0.124. The number of carbonyl (C=O) groups excluding carboxylic acids is 1. The number of pyridine rings is 1. The minimum Gasteiger partial charge on any atom is -0.346 e. The quantitative estimate of drug-likeness (QED) is 0.763. The summed E-state index contributed by atoms with van der Waals surface area (Å²) < 4.78 is 0. The highest BCUT2D eigenvalue weighted by Gasteiger charge is 2.13. The van der Waals surface area contributed by atoms with Gasteiger partial charge in [-0.05, 0) is 11.6 Å². The van der Waals surface area contributed by atoms with Gasteiger partial charge in [0.25, 0.3) is 0 Å². The first-order chi connectivity index (χ1) is 7.15. The number of hydrogen-bond acceptors (Lipinski definition) is 2. The smallest absolute Gasteiger partial charge is 0.223 e. The zero-order valence-electron chi connectivity index (χ0n) is 9.10.